The van der Waals surface area contributed by atoms with Gasteiger partial charge in [0.15, 0.2) is 0 Å². The van der Waals surface area contributed by atoms with Crippen molar-refractivity contribution in [2.45, 2.75) is 89.4 Å². The van der Waals surface area contributed by atoms with E-state index >= 15 is 0 Å². The van der Waals surface area contributed by atoms with Crippen LogP contribution in [0.5, 0.6) is 0 Å². The van der Waals surface area contributed by atoms with Crippen molar-refractivity contribution in [3.05, 3.63) is 0 Å². The molecule has 2 rings (SSSR count). The van der Waals surface area contributed by atoms with Gasteiger partial charge in [0.05, 0.1) is 6.17 Å². The fourth-order valence-electron chi connectivity index (χ4n) is 3.67. The molecule has 3 atom stereocenters. The van der Waals surface area contributed by atoms with Gasteiger partial charge < -0.3 is 11.1 Å². The van der Waals surface area contributed by atoms with E-state index < -0.39 is 0 Å². The van der Waals surface area contributed by atoms with E-state index in [1.165, 1.54) is 32.1 Å². The van der Waals surface area contributed by atoms with Gasteiger partial charge in [-0.05, 0) is 45.4 Å². The Kier molecular flexibility index (Phi) is 6.30. The summed E-state index contributed by atoms with van der Waals surface area (Å²) in [5.74, 6) is 0.523. The first-order chi connectivity index (χ1) is 9.65. The van der Waals surface area contributed by atoms with Gasteiger partial charge in [-0.25, -0.2) is 0 Å². The highest BCUT2D eigenvalue weighted by molar-refractivity contribution is 5.78. The highest BCUT2D eigenvalue weighted by Crippen LogP contribution is 2.25. The Hall–Kier alpha value is -0.610. The lowest BCUT2D eigenvalue weighted by molar-refractivity contribution is -0.126. The molecule has 0 aromatic carbocycles. The van der Waals surface area contributed by atoms with Gasteiger partial charge in [0.1, 0.15) is 0 Å². The summed E-state index contributed by atoms with van der Waals surface area (Å²) in [6.07, 6.45) is 11.7. The molecule has 0 aromatic rings. The van der Waals surface area contributed by atoms with Crippen LogP contribution in [0, 0.1) is 5.92 Å². The van der Waals surface area contributed by atoms with Crippen LogP contribution in [-0.2, 0) is 4.79 Å². The van der Waals surface area contributed by atoms with E-state index in [4.69, 9.17) is 5.73 Å². The number of rotatable bonds is 4. The van der Waals surface area contributed by atoms with Crippen LogP contribution in [0.15, 0.2) is 0 Å². The summed E-state index contributed by atoms with van der Waals surface area (Å²) in [7, 11) is 0. The number of nitrogens with two attached hydrogens (primary N) is 1. The molecule has 2 fully saturated rings. The molecule has 0 spiro atoms. The summed E-state index contributed by atoms with van der Waals surface area (Å²) in [6.45, 7) is 1.98. The molecule has 4 heteroatoms. The topological polar surface area (TPSA) is 67.1 Å². The molecule has 0 bridgehead atoms. The van der Waals surface area contributed by atoms with Crippen LogP contribution in [0.1, 0.15) is 71.1 Å². The molecule has 3 unspecified atom stereocenters. The van der Waals surface area contributed by atoms with Gasteiger partial charge in [-0.1, -0.05) is 25.7 Å². The lowest BCUT2D eigenvalue weighted by Gasteiger charge is -2.25. The molecule has 4 N–H and O–H groups in total. The summed E-state index contributed by atoms with van der Waals surface area (Å²) in [5, 5.41) is 6.70. The summed E-state index contributed by atoms with van der Waals surface area (Å²) >= 11 is 0. The monoisotopic (exact) mass is 281 g/mol. The molecule has 20 heavy (non-hydrogen) atoms. The van der Waals surface area contributed by atoms with Crippen molar-refractivity contribution in [2.75, 3.05) is 0 Å². The predicted octanol–water partition coefficient (Wildman–Crippen LogP) is 2.28. The molecule has 1 amide bonds. The third kappa shape index (κ3) is 5.06. The highest BCUT2D eigenvalue weighted by Gasteiger charge is 2.26. The maximum absolute atomic E-state index is 12.4. The first kappa shape index (κ1) is 15.8. The first-order valence-corrected chi connectivity index (χ1v) is 8.47. The van der Waals surface area contributed by atoms with Crippen LogP contribution >= 0.6 is 0 Å². The summed E-state index contributed by atoms with van der Waals surface area (Å²) in [6, 6.07) is 0.931. The van der Waals surface area contributed by atoms with Crippen LogP contribution in [0.3, 0.4) is 0 Å². The van der Waals surface area contributed by atoms with E-state index in [1.807, 2.05) is 6.92 Å². The standard InChI is InChI=1S/C16H31N3O/c1-12(17)18-15-9-5-6-13(10-11-15)16(20)19-14-7-3-2-4-8-14/h12-15,18H,2-11,17H2,1H3,(H,19,20). The van der Waals surface area contributed by atoms with Crippen LogP contribution in [0.2, 0.25) is 0 Å². The van der Waals surface area contributed by atoms with Gasteiger partial charge in [0, 0.05) is 18.0 Å². The molecule has 0 saturated heterocycles. The molecule has 116 valence electrons. The van der Waals surface area contributed by atoms with Crippen molar-refractivity contribution in [2.24, 2.45) is 11.7 Å². The van der Waals surface area contributed by atoms with E-state index in [-0.39, 0.29) is 12.1 Å². The number of hydrogen-bond donors (Lipinski definition) is 3. The molecule has 2 saturated carbocycles. The smallest absolute Gasteiger partial charge is 0.223 e. The average Bonchev–Trinajstić information content (AvgIpc) is 2.65. The third-order valence-corrected chi connectivity index (χ3v) is 4.79. The Morgan fingerprint density at radius 1 is 0.950 bits per heavy atom. The second-order valence-corrected chi connectivity index (χ2v) is 6.70. The normalized spacial score (nSPS) is 30.5. The Balaban J connectivity index is 1.75. The largest absolute Gasteiger partial charge is 0.353 e. The number of carbonyl (C=O) groups is 1. The molecular weight excluding hydrogens is 250 g/mol. The third-order valence-electron chi connectivity index (χ3n) is 4.79. The lowest BCUT2D eigenvalue weighted by atomic mass is 9.93. The van der Waals surface area contributed by atoms with Gasteiger partial charge in [-0.3, -0.25) is 10.1 Å². The van der Waals surface area contributed by atoms with Crippen LogP contribution in [-0.4, -0.2) is 24.2 Å². The minimum Gasteiger partial charge on any atom is -0.353 e. The van der Waals surface area contributed by atoms with Crippen molar-refractivity contribution in [1.29, 1.82) is 0 Å². The highest BCUT2D eigenvalue weighted by atomic mass is 16.1. The number of carbonyl (C=O) groups excluding carboxylic acids is 1. The quantitative estimate of drug-likeness (QED) is 0.547. The zero-order valence-electron chi connectivity index (χ0n) is 12.9. The minimum atomic E-state index is 0.0487. The minimum absolute atomic E-state index is 0.0487. The SMILES string of the molecule is CC(N)NC1CCCC(C(=O)NC2CCCCC2)CC1. The lowest BCUT2D eigenvalue weighted by Crippen LogP contribution is -2.42. The second kappa shape index (κ2) is 7.99. The first-order valence-electron chi connectivity index (χ1n) is 8.47. The van der Waals surface area contributed by atoms with E-state index in [1.54, 1.807) is 0 Å². The number of amides is 1. The Morgan fingerprint density at radius 3 is 2.35 bits per heavy atom. The van der Waals surface area contributed by atoms with Crippen LogP contribution < -0.4 is 16.4 Å². The van der Waals surface area contributed by atoms with Crippen molar-refractivity contribution in [3.63, 3.8) is 0 Å². The van der Waals surface area contributed by atoms with Gasteiger partial charge >= 0.3 is 0 Å². The van der Waals surface area contributed by atoms with Crippen LogP contribution in [0.4, 0.5) is 0 Å². The maximum Gasteiger partial charge on any atom is 0.223 e. The fourth-order valence-corrected chi connectivity index (χ4v) is 3.67. The maximum atomic E-state index is 12.4. The van der Waals surface area contributed by atoms with Crippen molar-refractivity contribution in [1.82, 2.24) is 10.6 Å². The van der Waals surface area contributed by atoms with Gasteiger partial charge in [-0.15, -0.1) is 0 Å². The summed E-state index contributed by atoms with van der Waals surface area (Å²) in [5.41, 5.74) is 5.80. The van der Waals surface area contributed by atoms with E-state index in [0.717, 1.165) is 32.1 Å². The molecule has 0 radical (unpaired) electrons. The van der Waals surface area contributed by atoms with Gasteiger partial charge in [0.25, 0.3) is 0 Å². The Morgan fingerprint density at radius 2 is 1.65 bits per heavy atom. The number of hydrogen-bond acceptors (Lipinski definition) is 3. The van der Waals surface area contributed by atoms with E-state index in [0.29, 0.717) is 18.0 Å². The zero-order valence-corrected chi connectivity index (χ0v) is 12.9. The summed E-state index contributed by atoms with van der Waals surface area (Å²) in [4.78, 5) is 12.4. The van der Waals surface area contributed by atoms with E-state index in [9.17, 15) is 4.79 Å². The second-order valence-electron chi connectivity index (χ2n) is 6.70. The summed E-state index contributed by atoms with van der Waals surface area (Å²) < 4.78 is 0. The van der Waals surface area contributed by atoms with Crippen molar-refractivity contribution >= 4 is 5.91 Å². The van der Waals surface area contributed by atoms with Gasteiger partial charge in [0.2, 0.25) is 5.91 Å². The Bertz CT molecular complexity index is 300. The van der Waals surface area contributed by atoms with Crippen molar-refractivity contribution < 1.29 is 4.79 Å². The molecule has 0 aliphatic heterocycles. The molecule has 2 aliphatic rings. The molecular formula is C16H31N3O. The van der Waals surface area contributed by atoms with Crippen LogP contribution in [0.25, 0.3) is 0 Å². The molecule has 2 aliphatic carbocycles. The molecule has 4 nitrogen and oxygen atoms in total. The fraction of sp³-hybridized carbons (Fsp3) is 0.938. The molecule has 0 aromatic heterocycles. The van der Waals surface area contributed by atoms with Crippen molar-refractivity contribution in [3.8, 4) is 0 Å². The van der Waals surface area contributed by atoms with Gasteiger partial charge in [-0.2, -0.15) is 0 Å². The Labute approximate surface area is 123 Å². The zero-order chi connectivity index (χ0) is 14.4. The molecule has 0 heterocycles. The predicted molar refractivity (Wildman–Crippen MR) is 82.2 cm³/mol. The average molecular weight is 281 g/mol. The number of nitrogens with one attached hydrogen (secondary N) is 2. The van der Waals surface area contributed by atoms with E-state index in [2.05, 4.69) is 10.6 Å².